The van der Waals surface area contributed by atoms with Gasteiger partial charge in [0.15, 0.2) is 5.82 Å². The molecule has 0 spiro atoms. The fraction of sp³-hybridized carbons (Fsp3) is 0.471. The summed E-state index contributed by atoms with van der Waals surface area (Å²) in [6.07, 6.45) is 4.07. The molecular weight excluding hydrogens is 311 g/mol. The van der Waals surface area contributed by atoms with Gasteiger partial charge in [0.25, 0.3) is 0 Å². The average Bonchev–Trinajstić information content (AvgIpc) is 3.33. The van der Waals surface area contributed by atoms with E-state index in [1.165, 1.54) is 12.1 Å². The van der Waals surface area contributed by atoms with E-state index in [-0.39, 0.29) is 23.8 Å². The number of nitrogens with one attached hydrogen (secondary N) is 2. The summed E-state index contributed by atoms with van der Waals surface area (Å²) in [5.74, 6) is 0.951. The molecule has 1 amide bonds. The lowest BCUT2D eigenvalue weighted by atomic mass is 9.94. The molecule has 1 aromatic carbocycles. The summed E-state index contributed by atoms with van der Waals surface area (Å²) in [6.45, 7) is 0. The Labute approximate surface area is 138 Å². The number of benzene rings is 1. The van der Waals surface area contributed by atoms with E-state index >= 15 is 0 Å². The molecular formula is C17H19FN4O2. The smallest absolute Gasteiger partial charge is 0.321 e. The number of amides is 1. The van der Waals surface area contributed by atoms with Crippen molar-refractivity contribution in [2.24, 2.45) is 5.92 Å². The van der Waals surface area contributed by atoms with Gasteiger partial charge in [-0.25, -0.2) is 4.39 Å². The molecule has 2 aromatic rings. The Bertz CT molecular complexity index is 726. The van der Waals surface area contributed by atoms with Gasteiger partial charge in [-0.05, 0) is 42.9 Å². The normalized spacial score (nSPS) is 23.8. The number of hydrogen-bond acceptors (Lipinski definition) is 5. The van der Waals surface area contributed by atoms with Crippen LogP contribution in [-0.4, -0.2) is 28.1 Å². The highest BCUT2D eigenvalue weighted by Crippen LogP contribution is 2.36. The molecule has 1 aliphatic heterocycles. The number of rotatable bonds is 5. The Kier molecular flexibility index (Phi) is 3.92. The standard InChI is InChI=1S/C17H19FN4O2/c18-12-5-1-10(2-6-12)9-14-20-17(24-22-14)19-13-7-8-15(23)21-16(13)11-3-4-11/h1-2,5-6,11,13,16H,3-4,7-9H2,(H,21,23)(H,19,20,22)/t13-,16+/m1/s1. The fourth-order valence-electron chi connectivity index (χ4n) is 3.22. The van der Waals surface area contributed by atoms with Crippen molar-refractivity contribution in [3.8, 4) is 0 Å². The summed E-state index contributed by atoms with van der Waals surface area (Å²) in [4.78, 5) is 16.0. The number of nitrogens with zero attached hydrogens (tertiary/aromatic N) is 2. The predicted octanol–water partition coefficient (Wildman–Crippen LogP) is 2.27. The van der Waals surface area contributed by atoms with Crippen molar-refractivity contribution in [3.63, 3.8) is 0 Å². The van der Waals surface area contributed by atoms with Crippen LogP contribution in [0.3, 0.4) is 0 Å². The van der Waals surface area contributed by atoms with Crippen molar-refractivity contribution >= 4 is 11.9 Å². The molecule has 2 atom stereocenters. The van der Waals surface area contributed by atoms with Gasteiger partial charge in [0.05, 0.1) is 12.1 Å². The number of carbonyl (C=O) groups is 1. The maximum absolute atomic E-state index is 12.9. The number of carbonyl (C=O) groups excluding carboxylic acids is 1. The van der Waals surface area contributed by atoms with Crippen LogP contribution < -0.4 is 10.6 Å². The van der Waals surface area contributed by atoms with Crippen LogP contribution in [0.15, 0.2) is 28.8 Å². The van der Waals surface area contributed by atoms with E-state index in [2.05, 4.69) is 20.8 Å². The third-order valence-electron chi connectivity index (χ3n) is 4.63. The lowest BCUT2D eigenvalue weighted by Gasteiger charge is -2.32. The number of piperidine rings is 1. The van der Waals surface area contributed by atoms with Gasteiger partial charge in [0.2, 0.25) is 5.91 Å². The van der Waals surface area contributed by atoms with E-state index in [0.717, 1.165) is 24.8 Å². The van der Waals surface area contributed by atoms with Crippen LogP contribution in [-0.2, 0) is 11.2 Å². The number of aromatic nitrogens is 2. The zero-order chi connectivity index (χ0) is 16.5. The highest BCUT2D eigenvalue weighted by molar-refractivity contribution is 5.77. The molecule has 6 nitrogen and oxygen atoms in total. The Hall–Kier alpha value is -2.44. The monoisotopic (exact) mass is 330 g/mol. The molecule has 1 saturated carbocycles. The second-order valence-corrected chi connectivity index (χ2v) is 6.54. The van der Waals surface area contributed by atoms with E-state index in [9.17, 15) is 9.18 Å². The molecule has 0 bridgehead atoms. The van der Waals surface area contributed by atoms with Gasteiger partial charge in [-0.2, -0.15) is 4.98 Å². The van der Waals surface area contributed by atoms with E-state index in [4.69, 9.17) is 4.52 Å². The summed E-state index contributed by atoms with van der Waals surface area (Å²) in [7, 11) is 0. The zero-order valence-electron chi connectivity index (χ0n) is 13.2. The molecule has 126 valence electrons. The summed E-state index contributed by atoms with van der Waals surface area (Å²) in [5, 5.41) is 10.3. The van der Waals surface area contributed by atoms with Crippen LogP contribution in [0.4, 0.5) is 10.4 Å². The summed E-state index contributed by atoms with van der Waals surface area (Å²) >= 11 is 0. The van der Waals surface area contributed by atoms with Crippen molar-refractivity contribution < 1.29 is 13.7 Å². The Morgan fingerprint density at radius 3 is 2.79 bits per heavy atom. The van der Waals surface area contributed by atoms with E-state index in [1.807, 2.05) is 0 Å². The van der Waals surface area contributed by atoms with Gasteiger partial charge in [0, 0.05) is 12.8 Å². The van der Waals surface area contributed by atoms with E-state index < -0.39 is 0 Å². The minimum Gasteiger partial charge on any atom is -0.351 e. The van der Waals surface area contributed by atoms with Crippen molar-refractivity contribution in [2.45, 2.75) is 44.2 Å². The quantitative estimate of drug-likeness (QED) is 0.879. The molecule has 2 aliphatic rings. The maximum Gasteiger partial charge on any atom is 0.321 e. The predicted molar refractivity (Wildman–Crippen MR) is 84.8 cm³/mol. The molecule has 0 unspecified atom stereocenters. The first-order valence-electron chi connectivity index (χ1n) is 8.30. The van der Waals surface area contributed by atoms with Crippen molar-refractivity contribution in [3.05, 3.63) is 41.5 Å². The highest BCUT2D eigenvalue weighted by atomic mass is 19.1. The van der Waals surface area contributed by atoms with Crippen LogP contribution in [0.5, 0.6) is 0 Å². The molecule has 1 aromatic heterocycles. The number of hydrogen-bond donors (Lipinski definition) is 2. The lowest BCUT2D eigenvalue weighted by molar-refractivity contribution is -0.123. The van der Waals surface area contributed by atoms with E-state index in [0.29, 0.717) is 30.6 Å². The van der Waals surface area contributed by atoms with Gasteiger partial charge in [-0.1, -0.05) is 17.3 Å². The maximum atomic E-state index is 12.9. The molecule has 0 radical (unpaired) electrons. The average molecular weight is 330 g/mol. The molecule has 1 aliphatic carbocycles. The molecule has 4 rings (SSSR count). The summed E-state index contributed by atoms with van der Waals surface area (Å²) < 4.78 is 18.2. The summed E-state index contributed by atoms with van der Waals surface area (Å²) in [5.41, 5.74) is 0.921. The molecule has 24 heavy (non-hydrogen) atoms. The Balaban J connectivity index is 1.41. The first kappa shape index (κ1) is 15.1. The minimum atomic E-state index is -0.264. The molecule has 2 N–H and O–H groups in total. The molecule has 2 fully saturated rings. The van der Waals surface area contributed by atoms with Gasteiger partial charge in [-0.15, -0.1) is 0 Å². The van der Waals surface area contributed by atoms with Gasteiger partial charge < -0.3 is 15.2 Å². The third-order valence-corrected chi connectivity index (χ3v) is 4.63. The van der Waals surface area contributed by atoms with Crippen molar-refractivity contribution in [2.75, 3.05) is 5.32 Å². The second kappa shape index (κ2) is 6.22. The van der Waals surface area contributed by atoms with Crippen molar-refractivity contribution in [1.82, 2.24) is 15.5 Å². The topological polar surface area (TPSA) is 80.1 Å². The Morgan fingerprint density at radius 1 is 1.25 bits per heavy atom. The lowest BCUT2D eigenvalue weighted by Crippen LogP contribution is -2.52. The molecule has 1 saturated heterocycles. The zero-order valence-corrected chi connectivity index (χ0v) is 13.2. The minimum absolute atomic E-state index is 0.118. The van der Waals surface area contributed by atoms with Crippen molar-refractivity contribution in [1.29, 1.82) is 0 Å². The molecule has 7 heteroatoms. The number of halogens is 1. The van der Waals surface area contributed by atoms with Crippen LogP contribution in [0.25, 0.3) is 0 Å². The SMILES string of the molecule is O=C1CC[C@@H](Nc2nc(Cc3ccc(F)cc3)no2)[C@H](C2CC2)N1. The van der Waals surface area contributed by atoms with Crippen LogP contribution in [0.1, 0.15) is 37.1 Å². The summed E-state index contributed by atoms with van der Waals surface area (Å²) in [6, 6.07) is 6.88. The fourth-order valence-corrected chi connectivity index (χ4v) is 3.22. The van der Waals surface area contributed by atoms with Crippen LogP contribution in [0.2, 0.25) is 0 Å². The van der Waals surface area contributed by atoms with Crippen LogP contribution in [0, 0.1) is 11.7 Å². The van der Waals surface area contributed by atoms with Crippen LogP contribution >= 0.6 is 0 Å². The van der Waals surface area contributed by atoms with E-state index in [1.54, 1.807) is 12.1 Å². The highest BCUT2D eigenvalue weighted by Gasteiger charge is 2.40. The molecule has 2 heterocycles. The van der Waals surface area contributed by atoms with Gasteiger partial charge in [0.1, 0.15) is 5.82 Å². The largest absolute Gasteiger partial charge is 0.351 e. The second-order valence-electron chi connectivity index (χ2n) is 6.54. The van der Waals surface area contributed by atoms with Gasteiger partial charge >= 0.3 is 6.01 Å². The first-order chi connectivity index (χ1) is 11.7. The third kappa shape index (κ3) is 3.39. The first-order valence-corrected chi connectivity index (χ1v) is 8.30. The van der Waals surface area contributed by atoms with Gasteiger partial charge in [-0.3, -0.25) is 4.79 Å². The number of anilines is 1. The Morgan fingerprint density at radius 2 is 2.04 bits per heavy atom.